The standard InChI is InChI=1S/C12H24N2/c1-2-8-13-11-5-4-9-14(10-11)12-6-3-7-12/h11-13H,2-10H2,1H3. The summed E-state index contributed by atoms with van der Waals surface area (Å²) in [7, 11) is 0. The maximum atomic E-state index is 3.66. The Balaban J connectivity index is 1.72. The summed E-state index contributed by atoms with van der Waals surface area (Å²) in [6.07, 6.45) is 8.44. The van der Waals surface area contributed by atoms with Crippen molar-refractivity contribution in [3.8, 4) is 0 Å². The first-order valence-corrected chi connectivity index (χ1v) is 6.37. The number of rotatable bonds is 4. The molecule has 2 nitrogen and oxygen atoms in total. The van der Waals surface area contributed by atoms with E-state index in [1.54, 1.807) is 0 Å². The van der Waals surface area contributed by atoms with Gasteiger partial charge in [0.05, 0.1) is 0 Å². The van der Waals surface area contributed by atoms with Crippen LogP contribution < -0.4 is 5.32 Å². The van der Waals surface area contributed by atoms with Gasteiger partial charge in [-0.15, -0.1) is 0 Å². The number of hydrogen-bond acceptors (Lipinski definition) is 2. The Morgan fingerprint density at radius 1 is 1.21 bits per heavy atom. The number of nitrogens with zero attached hydrogens (tertiary/aromatic N) is 1. The molecule has 2 aliphatic rings. The summed E-state index contributed by atoms with van der Waals surface area (Å²) in [6.45, 7) is 6.11. The third-order valence-electron chi connectivity index (χ3n) is 3.73. The summed E-state index contributed by atoms with van der Waals surface area (Å²) in [5.41, 5.74) is 0. The van der Waals surface area contributed by atoms with Crippen LogP contribution in [0.25, 0.3) is 0 Å². The zero-order valence-corrected chi connectivity index (χ0v) is 9.47. The zero-order valence-electron chi connectivity index (χ0n) is 9.47. The van der Waals surface area contributed by atoms with Crippen molar-refractivity contribution in [2.24, 2.45) is 0 Å². The molecule has 0 radical (unpaired) electrons. The summed E-state index contributed by atoms with van der Waals surface area (Å²) in [5, 5.41) is 3.66. The highest BCUT2D eigenvalue weighted by Crippen LogP contribution is 2.27. The first-order valence-electron chi connectivity index (χ1n) is 6.37. The predicted octanol–water partition coefficient (Wildman–Crippen LogP) is 2.00. The Hall–Kier alpha value is -0.0800. The van der Waals surface area contributed by atoms with Crippen LogP contribution in [0.15, 0.2) is 0 Å². The first kappa shape index (κ1) is 10.4. The summed E-state index contributed by atoms with van der Waals surface area (Å²) >= 11 is 0. The molecule has 82 valence electrons. The van der Waals surface area contributed by atoms with E-state index in [2.05, 4.69) is 17.1 Å². The third-order valence-corrected chi connectivity index (χ3v) is 3.73. The highest BCUT2D eigenvalue weighted by atomic mass is 15.2. The molecule has 0 aromatic heterocycles. The van der Waals surface area contributed by atoms with Gasteiger partial charge in [0, 0.05) is 18.6 Å². The van der Waals surface area contributed by atoms with E-state index in [0.717, 1.165) is 12.1 Å². The summed E-state index contributed by atoms with van der Waals surface area (Å²) in [5.74, 6) is 0. The van der Waals surface area contributed by atoms with Gasteiger partial charge in [-0.3, -0.25) is 4.90 Å². The minimum atomic E-state index is 0.782. The van der Waals surface area contributed by atoms with Crippen LogP contribution in [0, 0.1) is 0 Å². The van der Waals surface area contributed by atoms with E-state index in [0.29, 0.717) is 0 Å². The molecule has 0 aromatic carbocycles. The van der Waals surface area contributed by atoms with Gasteiger partial charge >= 0.3 is 0 Å². The first-order chi connectivity index (χ1) is 6.90. The fourth-order valence-electron chi connectivity index (χ4n) is 2.60. The molecule has 2 fully saturated rings. The predicted molar refractivity (Wildman–Crippen MR) is 60.5 cm³/mol. The van der Waals surface area contributed by atoms with Crippen molar-refractivity contribution in [3.05, 3.63) is 0 Å². The summed E-state index contributed by atoms with van der Waals surface area (Å²) < 4.78 is 0. The van der Waals surface area contributed by atoms with Gasteiger partial charge in [0.15, 0.2) is 0 Å². The molecule has 1 atom stereocenters. The fourth-order valence-corrected chi connectivity index (χ4v) is 2.60. The maximum Gasteiger partial charge on any atom is 0.0195 e. The minimum Gasteiger partial charge on any atom is -0.313 e. The second kappa shape index (κ2) is 5.13. The van der Waals surface area contributed by atoms with E-state index < -0.39 is 0 Å². The van der Waals surface area contributed by atoms with Gasteiger partial charge in [0.25, 0.3) is 0 Å². The lowest BCUT2D eigenvalue weighted by molar-refractivity contribution is 0.0876. The molecule has 1 aliphatic heterocycles. The van der Waals surface area contributed by atoms with E-state index in [1.165, 1.54) is 58.2 Å². The maximum absolute atomic E-state index is 3.66. The lowest BCUT2D eigenvalue weighted by Gasteiger charge is -2.42. The molecular formula is C12H24N2. The smallest absolute Gasteiger partial charge is 0.0195 e. The van der Waals surface area contributed by atoms with Crippen molar-refractivity contribution in [2.45, 2.75) is 57.5 Å². The van der Waals surface area contributed by atoms with Crippen LogP contribution in [0.3, 0.4) is 0 Å². The number of nitrogens with one attached hydrogen (secondary N) is 1. The summed E-state index contributed by atoms with van der Waals surface area (Å²) in [4.78, 5) is 2.72. The van der Waals surface area contributed by atoms with Crippen LogP contribution in [-0.4, -0.2) is 36.6 Å². The van der Waals surface area contributed by atoms with Crippen molar-refractivity contribution in [1.29, 1.82) is 0 Å². The molecule has 2 heteroatoms. The van der Waals surface area contributed by atoms with Gasteiger partial charge in [-0.2, -0.15) is 0 Å². The van der Waals surface area contributed by atoms with Gasteiger partial charge in [-0.1, -0.05) is 13.3 Å². The Morgan fingerprint density at radius 3 is 2.71 bits per heavy atom. The molecule has 1 saturated heterocycles. The topological polar surface area (TPSA) is 15.3 Å². The van der Waals surface area contributed by atoms with Crippen LogP contribution in [0.2, 0.25) is 0 Å². The van der Waals surface area contributed by atoms with E-state index in [1.807, 2.05) is 0 Å². The van der Waals surface area contributed by atoms with Gasteiger partial charge < -0.3 is 5.32 Å². The van der Waals surface area contributed by atoms with Crippen molar-refractivity contribution < 1.29 is 0 Å². The highest BCUT2D eigenvalue weighted by molar-refractivity contribution is 4.86. The Labute approximate surface area is 88.1 Å². The van der Waals surface area contributed by atoms with Gasteiger partial charge in [-0.25, -0.2) is 0 Å². The lowest BCUT2D eigenvalue weighted by atomic mass is 9.89. The molecule has 1 heterocycles. The van der Waals surface area contributed by atoms with E-state index in [4.69, 9.17) is 0 Å². The van der Waals surface area contributed by atoms with Gasteiger partial charge in [-0.05, 0) is 45.2 Å². The van der Waals surface area contributed by atoms with E-state index in [-0.39, 0.29) is 0 Å². The van der Waals surface area contributed by atoms with Crippen LogP contribution in [0.5, 0.6) is 0 Å². The molecular weight excluding hydrogens is 172 g/mol. The fraction of sp³-hybridized carbons (Fsp3) is 1.00. The van der Waals surface area contributed by atoms with Crippen molar-refractivity contribution >= 4 is 0 Å². The lowest BCUT2D eigenvalue weighted by Crippen LogP contribution is -2.51. The Bertz CT molecular complexity index is 166. The number of hydrogen-bond donors (Lipinski definition) is 1. The average molecular weight is 196 g/mol. The summed E-state index contributed by atoms with van der Waals surface area (Å²) in [6, 6.07) is 1.73. The van der Waals surface area contributed by atoms with E-state index in [9.17, 15) is 0 Å². The molecule has 0 amide bonds. The quantitative estimate of drug-likeness (QED) is 0.740. The van der Waals surface area contributed by atoms with Crippen molar-refractivity contribution in [3.63, 3.8) is 0 Å². The zero-order chi connectivity index (χ0) is 9.80. The molecule has 1 aliphatic carbocycles. The largest absolute Gasteiger partial charge is 0.313 e. The molecule has 2 rings (SSSR count). The third kappa shape index (κ3) is 2.48. The molecule has 0 aromatic rings. The molecule has 0 bridgehead atoms. The molecule has 1 saturated carbocycles. The Kier molecular flexibility index (Phi) is 3.82. The second-order valence-corrected chi connectivity index (χ2v) is 4.87. The average Bonchev–Trinajstić information content (AvgIpc) is 2.13. The Morgan fingerprint density at radius 2 is 2.07 bits per heavy atom. The van der Waals surface area contributed by atoms with Gasteiger partial charge in [0.2, 0.25) is 0 Å². The minimum absolute atomic E-state index is 0.782. The SMILES string of the molecule is CCCNC1CCCN(C2CCC2)C1. The molecule has 1 unspecified atom stereocenters. The monoisotopic (exact) mass is 196 g/mol. The molecule has 14 heavy (non-hydrogen) atoms. The highest BCUT2D eigenvalue weighted by Gasteiger charge is 2.28. The van der Waals surface area contributed by atoms with Crippen LogP contribution >= 0.6 is 0 Å². The second-order valence-electron chi connectivity index (χ2n) is 4.87. The van der Waals surface area contributed by atoms with E-state index >= 15 is 0 Å². The molecule has 0 spiro atoms. The number of likely N-dealkylation sites (tertiary alicyclic amines) is 1. The van der Waals surface area contributed by atoms with Crippen LogP contribution in [-0.2, 0) is 0 Å². The van der Waals surface area contributed by atoms with Crippen LogP contribution in [0.1, 0.15) is 45.4 Å². The van der Waals surface area contributed by atoms with Gasteiger partial charge in [0.1, 0.15) is 0 Å². The van der Waals surface area contributed by atoms with Crippen LogP contribution in [0.4, 0.5) is 0 Å². The van der Waals surface area contributed by atoms with Crippen molar-refractivity contribution in [1.82, 2.24) is 10.2 Å². The molecule has 1 N–H and O–H groups in total. The van der Waals surface area contributed by atoms with Crippen molar-refractivity contribution in [2.75, 3.05) is 19.6 Å². The normalized spacial score (nSPS) is 30.2. The number of piperidine rings is 1.